The summed E-state index contributed by atoms with van der Waals surface area (Å²) in [4.78, 5) is 6.44. The molecule has 0 spiro atoms. The number of nitrogens with zero attached hydrogens (tertiary/aromatic N) is 2. The van der Waals surface area contributed by atoms with Gasteiger partial charge in [-0.2, -0.15) is 5.26 Å². The molecule has 0 N–H and O–H groups in total. The van der Waals surface area contributed by atoms with Crippen LogP contribution in [-0.2, 0) is 12.8 Å². The van der Waals surface area contributed by atoms with E-state index in [2.05, 4.69) is 17.1 Å². The molecule has 0 amide bonds. The lowest BCUT2D eigenvalue weighted by molar-refractivity contribution is 0.671. The first kappa shape index (κ1) is 8.87. The van der Waals surface area contributed by atoms with Gasteiger partial charge in [0, 0.05) is 11.1 Å². The number of aromatic nitrogens is 1. The van der Waals surface area contributed by atoms with E-state index in [0.29, 0.717) is 0 Å². The first-order chi connectivity index (χ1) is 7.36. The van der Waals surface area contributed by atoms with Crippen molar-refractivity contribution in [3.8, 4) is 6.07 Å². The van der Waals surface area contributed by atoms with E-state index in [4.69, 9.17) is 5.26 Å². The fraction of sp³-hybridized carbons (Fsp3) is 0.333. The predicted octanol–water partition coefficient (Wildman–Crippen LogP) is 3.05. The quantitative estimate of drug-likeness (QED) is 0.675. The van der Waals surface area contributed by atoms with Crippen LogP contribution >= 0.6 is 11.3 Å². The lowest BCUT2D eigenvalue weighted by Crippen LogP contribution is -2.04. The Bertz CT molecular complexity index is 520. The molecule has 0 saturated heterocycles. The maximum atomic E-state index is 8.84. The van der Waals surface area contributed by atoms with Crippen LogP contribution in [0.2, 0.25) is 0 Å². The van der Waals surface area contributed by atoms with Crippen LogP contribution < -0.4 is 0 Å². The molecular weight excluding hydrogens is 204 g/mol. The molecule has 2 aromatic rings. The maximum absolute atomic E-state index is 8.84. The number of nitriles is 1. The molecule has 0 atom stereocenters. The van der Waals surface area contributed by atoms with Crippen molar-refractivity contribution in [3.63, 3.8) is 0 Å². The lowest BCUT2D eigenvalue weighted by atomic mass is 9.96. The standard InChI is InChI=1S/C12H10N2S/c13-7-10-6-9-5-8-3-1-2-4-11(8)14-12(9)15-10/h5-6H,1-4H2. The fourth-order valence-corrected chi connectivity index (χ4v) is 2.98. The van der Waals surface area contributed by atoms with Crippen molar-refractivity contribution in [1.29, 1.82) is 5.26 Å². The molecule has 3 rings (SSSR count). The van der Waals surface area contributed by atoms with Crippen LogP contribution in [-0.4, -0.2) is 4.98 Å². The van der Waals surface area contributed by atoms with Crippen molar-refractivity contribution in [3.05, 3.63) is 28.3 Å². The van der Waals surface area contributed by atoms with Crippen molar-refractivity contribution < 1.29 is 0 Å². The topological polar surface area (TPSA) is 36.7 Å². The number of thiophene rings is 1. The largest absolute Gasteiger partial charge is 0.242 e. The van der Waals surface area contributed by atoms with Crippen LogP contribution in [0.4, 0.5) is 0 Å². The van der Waals surface area contributed by atoms with Crippen LogP contribution in [0.25, 0.3) is 10.2 Å². The van der Waals surface area contributed by atoms with E-state index in [9.17, 15) is 0 Å². The molecule has 2 aromatic heterocycles. The molecular formula is C12H10N2S. The highest BCUT2D eigenvalue weighted by molar-refractivity contribution is 7.19. The van der Waals surface area contributed by atoms with Gasteiger partial charge < -0.3 is 0 Å². The summed E-state index contributed by atoms with van der Waals surface area (Å²) in [5.41, 5.74) is 2.64. The number of pyridine rings is 1. The molecule has 74 valence electrons. The molecule has 0 radical (unpaired) electrons. The molecule has 15 heavy (non-hydrogen) atoms. The minimum atomic E-state index is 0.764. The average Bonchev–Trinajstić information content (AvgIpc) is 2.67. The van der Waals surface area contributed by atoms with Crippen molar-refractivity contribution in [2.45, 2.75) is 25.7 Å². The van der Waals surface area contributed by atoms with E-state index in [1.165, 1.54) is 35.4 Å². The number of aryl methyl sites for hydroxylation is 2. The summed E-state index contributed by atoms with van der Waals surface area (Å²) >= 11 is 1.50. The minimum Gasteiger partial charge on any atom is -0.242 e. The van der Waals surface area contributed by atoms with Crippen molar-refractivity contribution >= 4 is 21.6 Å². The van der Waals surface area contributed by atoms with Gasteiger partial charge in [0.25, 0.3) is 0 Å². The Morgan fingerprint density at radius 3 is 3.00 bits per heavy atom. The Kier molecular flexibility index (Phi) is 1.96. The Hall–Kier alpha value is -1.40. The summed E-state index contributed by atoms with van der Waals surface area (Å²) in [6, 6.07) is 6.35. The van der Waals surface area contributed by atoms with E-state index in [1.807, 2.05) is 6.07 Å². The van der Waals surface area contributed by atoms with Crippen LogP contribution in [0.3, 0.4) is 0 Å². The van der Waals surface area contributed by atoms with E-state index in [0.717, 1.165) is 27.9 Å². The van der Waals surface area contributed by atoms with E-state index < -0.39 is 0 Å². The summed E-state index contributed by atoms with van der Waals surface area (Å²) in [6.45, 7) is 0. The third-order valence-corrected chi connectivity index (χ3v) is 3.85. The SMILES string of the molecule is N#Cc1cc2cc3c(nc2s1)CCCC3. The average molecular weight is 214 g/mol. The summed E-state index contributed by atoms with van der Waals surface area (Å²) in [7, 11) is 0. The smallest absolute Gasteiger partial charge is 0.124 e. The molecule has 1 aliphatic rings. The van der Waals surface area contributed by atoms with Crippen molar-refractivity contribution in [2.24, 2.45) is 0 Å². The molecule has 0 bridgehead atoms. The second kappa shape index (κ2) is 3.32. The molecule has 0 aromatic carbocycles. The normalized spacial score (nSPS) is 14.9. The molecule has 0 unspecified atom stereocenters. The lowest BCUT2D eigenvalue weighted by Gasteiger charge is -2.13. The van der Waals surface area contributed by atoms with Crippen molar-refractivity contribution in [2.75, 3.05) is 0 Å². The predicted molar refractivity (Wildman–Crippen MR) is 61.0 cm³/mol. The third kappa shape index (κ3) is 1.42. The molecule has 3 heteroatoms. The van der Waals surface area contributed by atoms with E-state index in [1.54, 1.807) is 0 Å². The first-order valence-corrected chi connectivity index (χ1v) is 6.01. The van der Waals surface area contributed by atoms with Gasteiger partial charge in [-0.15, -0.1) is 11.3 Å². The van der Waals surface area contributed by atoms with E-state index >= 15 is 0 Å². The molecule has 2 heterocycles. The number of hydrogen-bond donors (Lipinski definition) is 0. The van der Waals surface area contributed by atoms with Gasteiger partial charge in [0.1, 0.15) is 15.8 Å². The van der Waals surface area contributed by atoms with Crippen LogP contribution in [0.5, 0.6) is 0 Å². The Morgan fingerprint density at radius 2 is 2.13 bits per heavy atom. The summed E-state index contributed by atoms with van der Waals surface area (Å²) in [5.74, 6) is 0. The Labute approximate surface area is 92.2 Å². The summed E-state index contributed by atoms with van der Waals surface area (Å²) in [6.07, 6.45) is 4.78. The zero-order valence-corrected chi connectivity index (χ0v) is 9.10. The first-order valence-electron chi connectivity index (χ1n) is 5.19. The van der Waals surface area contributed by atoms with Crippen LogP contribution in [0, 0.1) is 11.3 Å². The van der Waals surface area contributed by atoms with Gasteiger partial charge in [0.15, 0.2) is 0 Å². The highest BCUT2D eigenvalue weighted by Crippen LogP contribution is 2.28. The summed E-state index contributed by atoms with van der Waals surface area (Å²) in [5, 5.41) is 9.97. The van der Waals surface area contributed by atoms with Gasteiger partial charge in [0.05, 0.1) is 0 Å². The summed E-state index contributed by atoms with van der Waals surface area (Å²) < 4.78 is 0. The second-order valence-electron chi connectivity index (χ2n) is 3.92. The van der Waals surface area contributed by atoms with Crippen LogP contribution in [0.1, 0.15) is 29.0 Å². The molecule has 0 saturated carbocycles. The highest BCUT2D eigenvalue weighted by atomic mass is 32.1. The molecule has 1 aliphatic carbocycles. The number of hydrogen-bond acceptors (Lipinski definition) is 3. The number of fused-ring (bicyclic) bond motifs is 2. The fourth-order valence-electron chi connectivity index (χ4n) is 2.15. The minimum absolute atomic E-state index is 0.764. The zero-order valence-electron chi connectivity index (χ0n) is 8.29. The number of rotatable bonds is 0. The van der Waals surface area contributed by atoms with Gasteiger partial charge in [0.2, 0.25) is 0 Å². The van der Waals surface area contributed by atoms with E-state index in [-0.39, 0.29) is 0 Å². The Morgan fingerprint density at radius 1 is 1.27 bits per heavy atom. The molecule has 0 fully saturated rings. The zero-order chi connectivity index (χ0) is 10.3. The monoisotopic (exact) mass is 214 g/mol. The maximum Gasteiger partial charge on any atom is 0.124 e. The Balaban J connectivity index is 2.24. The third-order valence-electron chi connectivity index (χ3n) is 2.90. The van der Waals surface area contributed by atoms with Gasteiger partial charge in [-0.3, -0.25) is 0 Å². The molecule has 2 nitrogen and oxygen atoms in total. The highest BCUT2D eigenvalue weighted by Gasteiger charge is 2.13. The molecule has 0 aliphatic heterocycles. The van der Waals surface area contributed by atoms with Gasteiger partial charge in [-0.05, 0) is 43.4 Å². The van der Waals surface area contributed by atoms with Gasteiger partial charge in [-0.25, -0.2) is 4.98 Å². The van der Waals surface area contributed by atoms with Gasteiger partial charge in [-0.1, -0.05) is 0 Å². The van der Waals surface area contributed by atoms with Crippen molar-refractivity contribution in [1.82, 2.24) is 4.98 Å². The second-order valence-corrected chi connectivity index (χ2v) is 4.95. The van der Waals surface area contributed by atoms with Gasteiger partial charge >= 0.3 is 0 Å². The van der Waals surface area contributed by atoms with Crippen LogP contribution in [0.15, 0.2) is 12.1 Å².